The van der Waals surface area contributed by atoms with Gasteiger partial charge >= 0.3 is 0 Å². The molecule has 0 amide bonds. The number of halogens is 1. The number of aromatic nitrogens is 2. The van der Waals surface area contributed by atoms with Crippen molar-refractivity contribution in [2.24, 2.45) is 0 Å². The van der Waals surface area contributed by atoms with E-state index in [4.69, 9.17) is 16.3 Å². The normalized spacial score (nSPS) is 14.9. The van der Waals surface area contributed by atoms with Crippen LogP contribution in [0.25, 0.3) is 5.52 Å². The molecular weight excluding hydrogens is 400 g/mol. The van der Waals surface area contributed by atoms with Crippen molar-refractivity contribution in [2.45, 2.75) is 19.8 Å². The van der Waals surface area contributed by atoms with E-state index in [-0.39, 0.29) is 5.78 Å². The molecule has 0 radical (unpaired) electrons. The molecule has 3 aromatic rings. The van der Waals surface area contributed by atoms with Crippen LogP contribution in [-0.4, -0.2) is 59.6 Å². The lowest BCUT2D eigenvalue weighted by Crippen LogP contribution is -2.46. The number of Topliss-reactive ketones (excluding diaryl/α,β-unsaturated/α-hetero) is 1. The van der Waals surface area contributed by atoms with Crippen LogP contribution < -0.4 is 9.64 Å². The predicted molar refractivity (Wildman–Crippen MR) is 120 cm³/mol. The van der Waals surface area contributed by atoms with Crippen LogP contribution in [0.2, 0.25) is 5.02 Å². The van der Waals surface area contributed by atoms with Gasteiger partial charge in [0.25, 0.3) is 0 Å². The van der Waals surface area contributed by atoms with E-state index in [0.717, 1.165) is 67.5 Å². The number of carbonyl (C=O) groups excluding carboxylic acids is 1. The van der Waals surface area contributed by atoms with Gasteiger partial charge in [-0.2, -0.15) is 5.10 Å². The fourth-order valence-corrected chi connectivity index (χ4v) is 4.13. The molecule has 0 spiro atoms. The topological polar surface area (TPSA) is 50.1 Å². The molecular formula is C23H27ClN4O2. The molecule has 1 aliphatic heterocycles. The molecule has 1 aliphatic rings. The van der Waals surface area contributed by atoms with E-state index in [2.05, 4.69) is 21.0 Å². The van der Waals surface area contributed by atoms with E-state index < -0.39 is 0 Å². The molecule has 0 N–H and O–H groups in total. The Hall–Kier alpha value is -2.57. The van der Waals surface area contributed by atoms with Crippen LogP contribution in [-0.2, 0) is 0 Å². The second kappa shape index (κ2) is 9.49. The predicted octanol–water partition coefficient (Wildman–Crippen LogP) is 4.17. The van der Waals surface area contributed by atoms with Gasteiger partial charge in [0, 0.05) is 38.4 Å². The van der Waals surface area contributed by atoms with Crippen molar-refractivity contribution in [3.05, 3.63) is 59.4 Å². The second-order valence-electron chi connectivity index (χ2n) is 7.64. The summed E-state index contributed by atoms with van der Waals surface area (Å²) < 4.78 is 7.60. The van der Waals surface area contributed by atoms with Crippen LogP contribution >= 0.6 is 11.6 Å². The highest BCUT2D eigenvalue weighted by atomic mass is 35.5. The molecule has 0 atom stereocenters. The Labute approximate surface area is 182 Å². The van der Waals surface area contributed by atoms with Gasteiger partial charge in [0.15, 0.2) is 5.78 Å². The number of nitrogens with zero attached hydrogens (tertiary/aromatic N) is 4. The summed E-state index contributed by atoms with van der Waals surface area (Å²) in [6, 6.07) is 11.8. The lowest BCUT2D eigenvalue weighted by Gasteiger charge is -2.36. The number of fused-ring (bicyclic) bond motifs is 1. The highest BCUT2D eigenvalue weighted by Gasteiger charge is 2.18. The number of para-hydroxylation sites is 1. The number of ketones is 1. The first-order valence-electron chi connectivity index (χ1n) is 10.4. The van der Waals surface area contributed by atoms with Crippen LogP contribution in [0, 0.1) is 0 Å². The number of hydrogen-bond acceptors (Lipinski definition) is 5. The number of benzene rings is 1. The van der Waals surface area contributed by atoms with Gasteiger partial charge in [-0.3, -0.25) is 9.69 Å². The summed E-state index contributed by atoms with van der Waals surface area (Å²) in [5, 5.41) is 5.02. The number of carbonyl (C=O) groups is 1. The Bertz CT molecular complexity index is 1010. The Morgan fingerprint density at radius 1 is 1.13 bits per heavy atom. The van der Waals surface area contributed by atoms with Crippen molar-refractivity contribution >= 4 is 28.6 Å². The SMILES string of the molecule is CC(=O)c1cnn2ccc(OCCCCN3CCN(c4ccccc4Cl)CC3)cc12. The van der Waals surface area contributed by atoms with Gasteiger partial charge in [0.1, 0.15) is 5.75 Å². The Morgan fingerprint density at radius 2 is 1.93 bits per heavy atom. The maximum absolute atomic E-state index is 11.7. The molecule has 1 saturated heterocycles. The van der Waals surface area contributed by atoms with Gasteiger partial charge in [-0.1, -0.05) is 23.7 Å². The smallest absolute Gasteiger partial charge is 0.163 e. The molecule has 4 rings (SSSR count). The molecule has 2 aromatic heterocycles. The number of anilines is 1. The minimum absolute atomic E-state index is 0.0109. The van der Waals surface area contributed by atoms with E-state index in [1.54, 1.807) is 17.6 Å². The number of ether oxygens (including phenoxy) is 1. The molecule has 30 heavy (non-hydrogen) atoms. The highest BCUT2D eigenvalue weighted by molar-refractivity contribution is 6.33. The first-order chi connectivity index (χ1) is 14.6. The van der Waals surface area contributed by atoms with Crippen molar-refractivity contribution < 1.29 is 9.53 Å². The third-order valence-electron chi connectivity index (χ3n) is 5.58. The zero-order valence-electron chi connectivity index (χ0n) is 17.3. The molecule has 0 bridgehead atoms. The molecule has 0 saturated carbocycles. The number of piperazine rings is 1. The minimum atomic E-state index is 0.0109. The largest absolute Gasteiger partial charge is 0.493 e. The van der Waals surface area contributed by atoms with Crippen LogP contribution in [0.5, 0.6) is 5.75 Å². The van der Waals surface area contributed by atoms with Gasteiger partial charge < -0.3 is 9.64 Å². The van der Waals surface area contributed by atoms with E-state index in [1.165, 1.54) is 0 Å². The minimum Gasteiger partial charge on any atom is -0.493 e. The first kappa shape index (κ1) is 20.7. The first-order valence-corrected chi connectivity index (χ1v) is 10.8. The summed E-state index contributed by atoms with van der Waals surface area (Å²) in [7, 11) is 0. The summed E-state index contributed by atoms with van der Waals surface area (Å²) in [5.41, 5.74) is 2.54. The molecule has 7 heteroatoms. The Morgan fingerprint density at radius 3 is 2.70 bits per heavy atom. The summed E-state index contributed by atoms with van der Waals surface area (Å²) in [6.45, 7) is 7.41. The maximum Gasteiger partial charge on any atom is 0.163 e. The molecule has 158 valence electrons. The fourth-order valence-electron chi connectivity index (χ4n) is 3.87. The van der Waals surface area contributed by atoms with Crippen molar-refractivity contribution in [3.8, 4) is 5.75 Å². The third kappa shape index (κ3) is 4.77. The van der Waals surface area contributed by atoms with Crippen LogP contribution in [0.4, 0.5) is 5.69 Å². The average molecular weight is 427 g/mol. The van der Waals surface area contributed by atoms with E-state index in [1.807, 2.05) is 36.5 Å². The zero-order chi connectivity index (χ0) is 20.9. The molecule has 0 unspecified atom stereocenters. The fraction of sp³-hybridized carbons (Fsp3) is 0.391. The number of unbranched alkanes of at least 4 members (excludes halogenated alkanes) is 1. The standard InChI is InChI=1S/C23H27ClN4O2/c1-18(29)20-17-25-28-10-8-19(16-23(20)28)30-15-5-4-9-26-11-13-27(14-12-26)22-7-3-2-6-21(22)24/h2-3,6-8,10,16-17H,4-5,9,11-15H2,1H3. The maximum atomic E-state index is 11.7. The number of rotatable bonds is 8. The van der Waals surface area contributed by atoms with Crippen molar-refractivity contribution in [3.63, 3.8) is 0 Å². The molecule has 0 aliphatic carbocycles. The zero-order valence-corrected chi connectivity index (χ0v) is 18.0. The molecule has 3 heterocycles. The number of pyridine rings is 1. The van der Waals surface area contributed by atoms with E-state index in [9.17, 15) is 4.79 Å². The number of hydrogen-bond donors (Lipinski definition) is 0. The lowest BCUT2D eigenvalue weighted by atomic mass is 10.2. The van der Waals surface area contributed by atoms with Gasteiger partial charge in [0.05, 0.1) is 34.6 Å². The van der Waals surface area contributed by atoms with Crippen molar-refractivity contribution in [1.29, 1.82) is 0 Å². The highest BCUT2D eigenvalue weighted by Crippen LogP contribution is 2.26. The van der Waals surface area contributed by atoms with Crippen molar-refractivity contribution in [2.75, 3.05) is 44.2 Å². The summed E-state index contributed by atoms with van der Waals surface area (Å²) in [6.07, 6.45) is 5.52. The lowest BCUT2D eigenvalue weighted by molar-refractivity contribution is 0.101. The Balaban J connectivity index is 1.18. The summed E-state index contributed by atoms with van der Waals surface area (Å²) in [4.78, 5) is 16.6. The summed E-state index contributed by atoms with van der Waals surface area (Å²) >= 11 is 6.32. The van der Waals surface area contributed by atoms with Crippen LogP contribution in [0.3, 0.4) is 0 Å². The third-order valence-corrected chi connectivity index (χ3v) is 5.89. The van der Waals surface area contributed by atoms with Gasteiger partial charge in [0.2, 0.25) is 0 Å². The van der Waals surface area contributed by atoms with E-state index >= 15 is 0 Å². The second-order valence-corrected chi connectivity index (χ2v) is 8.05. The van der Waals surface area contributed by atoms with Crippen molar-refractivity contribution in [1.82, 2.24) is 14.5 Å². The van der Waals surface area contributed by atoms with Crippen LogP contribution in [0.1, 0.15) is 30.1 Å². The van der Waals surface area contributed by atoms with Crippen LogP contribution in [0.15, 0.2) is 48.8 Å². The van der Waals surface area contributed by atoms with E-state index in [0.29, 0.717) is 12.2 Å². The van der Waals surface area contributed by atoms with Gasteiger partial charge in [-0.25, -0.2) is 4.52 Å². The van der Waals surface area contributed by atoms with Gasteiger partial charge in [-0.15, -0.1) is 0 Å². The molecule has 1 fully saturated rings. The molecule has 6 nitrogen and oxygen atoms in total. The quantitative estimate of drug-likeness (QED) is 0.399. The summed E-state index contributed by atoms with van der Waals surface area (Å²) in [5.74, 6) is 0.788. The molecule has 1 aromatic carbocycles. The Kier molecular flexibility index (Phi) is 6.55. The monoisotopic (exact) mass is 426 g/mol. The van der Waals surface area contributed by atoms with Gasteiger partial charge in [-0.05, 0) is 44.5 Å². The average Bonchev–Trinajstić information content (AvgIpc) is 3.18.